The first kappa shape index (κ1) is 33.5. The first-order valence-corrected chi connectivity index (χ1v) is 18.2. The molecular weight excluding hydrogens is 586 g/mol. The van der Waals surface area contributed by atoms with Gasteiger partial charge in [-0.3, -0.25) is 9.69 Å². The van der Waals surface area contributed by atoms with E-state index in [4.69, 9.17) is 4.74 Å². The van der Waals surface area contributed by atoms with Gasteiger partial charge in [0, 0.05) is 31.6 Å². The molecular formula is C36H51N3O5S. The third-order valence-electron chi connectivity index (χ3n) is 10.6. The predicted molar refractivity (Wildman–Crippen MR) is 177 cm³/mol. The average Bonchev–Trinajstić information content (AvgIpc) is 3.44. The van der Waals surface area contributed by atoms with Gasteiger partial charge in [0.05, 0.1) is 17.7 Å². The van der Waals surface area contributed by atoms with Crippen molar-refractivity contribution in [3.63, 3.8) is 0 Å². The molecule has 5 rings (SSSR count). The maximum Gasteiger partial charge on any atom is 0.407 e. The van der Waals surface area contributed by atoms with Crippen molar-refractivity contribution in [3.05, 3.63) is 71.8 Å². The molecule has 45 heavy (non-hydrogen) atoms. The van der Waals surface area contributed by atoms with Gasteiger partial charge in [-0.05, 0) is 75.3 Å². The minimum absolute atomic E-state index is 0.0736. The largest absolute Gasteiger partial charge is 0.444 e. The molecule has 1 heterocycles. The lowest BCUT2D eigenvalue weighted by atomic mass is 9.69. The van der Waals surface area contributed by atoms with Crippen LogP contribution >= 0.6 is 0 Å². The Labute approximate surface area is 269 Å². The molecule has 0 aromatic heterocycles. The van der Waals surface area contributed by atoms with Crippen molar-refractivity contribution in [3.8, 4) is 0 Å². The van der Waals surface area contributed by atoms with Crippen LogP contribution in [-0.2, 0) is 32.6 Å². The van der Waals surface area contributed by atoms with Crippen LogP contribution in [0, 0.1) is 22.7 Å². The fourth-order valence-corrected chi connectivity index (χ4v) is 10.8. The van der Waals surface area contributed by atoms with Gasteiger partial charge in [0.25, 0.3) is 0 Å². The number of unbranched alkanes of at least 4 members (excludes halogenated alkanes) is 1. The molecule has 1 spiro atoms. The van der Waals surface area contributed by atoms with E-state index in [1.165, 1.54) is 4.31 Å². The van der Waals surface area contributed by atoms with E-state index in [2.05, 4.69) is 48.3 Å². The fourth-order valence-electron chi connectivity index (χ4n) is 8.25. The second-order valence-corrected chi connectivity index (χ2v) is 16.9. The number of ether oxygens (including phenoxy) is 1. The highest BCUT2D eigenvalue weighted by molar-refractivity contribution is 7.90. The molecule has 2 aliphatic carbocycles. The van der Waals surface area contributed by atoms with Gasteiger partial charge in [-0.25, -0.2) is 17.5 Å². The Morgan fingerprint density at radius 2 is 1.60 bits per heavy atom. The highest BCUT2D eigenvalue weighted by atomic mass is 32.2. The van der Waals surface area contributed by atoms with Crippen molar-refractivity contribution in [2.24, 2.45) is 22.7 Å². The second kappa shape index (κ2) is 13.1. The van der Waals surface area contributed by atoms with E-state index in [1.807, 2.05) is 57.2 Å². The Balaban J connectivity index is 1.36. The molecule has 9 heteroatoms. The minimum Gasteiger partial charge on any atom is -0.444 e. The molecule has 1 aliphatic heterocycles. The molecule has 2 bridgehead atoms. The first-order chi connectivity index (χ1) is 21.2. The van der Waals surface area contributed by atoms with Crippen molar-refractivity contribution in [2.75, 3.05) is 18.8 Å². The summed E-state index contributed by atoms with van der Waals surface area (Å²) in [5.74, 6) is -0.236. The highest BCUT2D eigenvalue weighted by Crippen LogP contribution is 2.70. The number of rotatable bonds is 12. The van der Waals surface area contributed by atoms with Crippen LogP contribution in [0.3, 0.4) is 0 Å². The molecule has 0 radical (unpaired) electrons. The number of sulfonamides is 1. The van der Waals surface area contributed by atoms with Gasteiger partial charge < -0.3 is 10.1 Å². The van der Waals surface area contributed by atoms with Gasteiger partial charge in [-0.15, -0.1) is 0 Å². The Morgan fingerprint density at radius 3 is 2.16 bits per heavy atom. The van der Waals surface area contributed by atoms with Gasteiger partial charge >= 0.3 is 6.09 Å². The Hall–Kier alpha value is -2.91. The van der Waals surface area contributed by atoms with Gasteiger partial charge in [-0.1, -0.05) is 80.9 Å². The zero-order valence-electron chi connectivity index (χ0n) is 27.6. The number of nitrogens with zero attached hydrogens (tertiary/aromatic N) is 2. The zero-order valence-corrected chi connectivity index (χ0v) is 28.4. The van der Waals surface area contributed by atoms with E-state index < -0.39 is 27.6 Å². The molecule has 3 fully saturated rings. The monoisotopic (exact) mass is 637 g/mol. The molecule has 2 aromatic carbocycles. The van der Waals surface area contributed by atoms with Crippen LogP contribution < -0.4 is 5.32 Å². The molecule has 2 amide bonds. The van der Waals surface area contributed by atoms with Crippen LogP contribution in [0.2, 0.25) is 0 Å². The van der Waals surface area contributed by atoms with Crippen molar-refractivity contribution in [1.29, 1.82) is 0 Å². The van der Waals surface area contributed by atoms with Crippen molar-refractivity contribution >= 4 is 22.0 Å². The molecule has 3 aliphatic rings. The van der Waals surface area contributed by atoms with Crippen LogP contribution in [0.5, 0.6) is 0 Å². The maximum absolute atomic E-state index is 14.6. The molecule has 1 N–H and O–H groups in total. The van der Waals surface area contributed by atoms with Crippen molar-refractivity contribution in [1.82, 2.24) is 14.5 Å². The van der Waals surface area contributed by atoms with Crippen LogP contribution in [0.15, 0.2) is 60.7 Å². The molecule has 0 unspecified atom stereocenters. The lowest BCUT2D eigenvalue weighted by molar-refractivity contribution is -0.134. The maximum atomic E-state index is 14.6. The van der Waals surface area contributed by atoms with E-state index in [1.54, 1.807) is 0 Å². The first-order valence-electron chi connectivity index (χ1n) is 16.5. The number of fused-ring (bicyclic) bond motifs is 1. The number of amides is 2. The zero-order chi connectivity index (χ0) is 32.5. The van der Waals surface area contributed by atoms with E-state index in [9.17, 15) is 18.0 Å². The highest BCUT2D eigenvalue weighted by Gasteiger charge is 2.72. The lowest BCUT2D eigenvalue weighted by Gasteiger charge is -2.38. The summed E-state index contributed by atoms with van der Waals surface area (Å²) in [6.07, 6.45) is 4.09. The quantitative estimate of drug-likeness (QED) is 0.272. The third kappa shape index (κ3) is 7.25. The number of benzene rings is 2. The second-order valence-electron chi connectivity index (χ2n) is 15.0. The van der Waals surface area contributed by atoms with Gasteiger partial charge in [0.15, 0.2) is 0 Å². The standard InChI is InChI=1S/C36H51N3O5S/c1-34(2,3)44-33(41)37-21-13-12-18-29(25-38(23-27-14-8-6-9-15-27)24-28-16-10-7-11-17-28)32(40)39-31-22-30-19-20-36(31,35(30,4)5)26-45(39,42)43/h6-11,14-17,29-31H,12-13,18-26H2,1-5H3,(H,37,41)/t29-,30+,31+,36+/m1/s1. The Bertz CT molecular complexity index is 1400. The molecule has 1 saturated heterocycles. The number of carbonyl (C=O) groups is 2. The van der Waals surface area contributed by atoms with Crippen LogP contribution in [0.4, 0.5) is 4.79 Å². The Kier molecular flexibility index (Phi) is 9.71. The third-order valence-corrected chi connectivity index (χ3v) is 12.5. The van der Waals surface area contributed by atoms with Crippen molar-refractivity contribution < 1.29 is 22.7 Å². The summed E-state index contributed by atoms with van der Waals surface area (Å²) in [5.41, 5.74) is 1.25. The smallest absolute Gasteiger partial charge is 0.407 e. The van der Waals surface area contributed by atoms with Crippen molar-refractivity contribution in [2.45, 2.75) is 97.9 Å². The number of hydrogen-bond donors (Lipinski definition) is 1. The van der Waals surface area contributed by atoms with Crippen LogP contribution in [0.25, 0.3) is 0 Å². The molecule has 8 nitrogen and oxygen atoms in total. The van der Waals surface area contributed by atoms with E-state index in [0.29, 0.717) is 51.4 Å². The summed E-state index contributed by atoms with van der Waals surface area (Å²) in [6, 6.07) is 20.1. The van der Waals surface area contributed by atoms with Crippen LogP contribution in [-0.4, -0.2) is 60.1 Å². The average molecular weight is 638 g/mol. The van der Waals surface area contributed by atoms with E-state index >= 15 is 0 Å². The molecule has 246 valence electrons. The SMILES string of the molecule is CC(C)(C)OC(=O)NCCCC[C@H](CN(Cc1ccccc1)Cc1ccccc1)C(=O)N1[C@H]2C[C@@H]3CC[C@@]2(CS1(=O)=O)C3(C)C. The van der Waals surface area contributed by atoms with E-state index in [-0.39, 0.29) is 28.5 Å². The predicted octanol–water partition coefficient (Wildman–Crippen LogP) is 6.37. The summed E-state index contributed by atoms with van der Waals surface area (Å²) in [4.78, 5) is 29.0. The van der Waals surface area contributed by atoms with Gasteiger partial charge in [-0.2, -0.15) is 0 Å². The normalized spacial score (nSPS) is 25.2. The Morgan fingerprint density at radius 1 is 1.00 bits per heavy atom. The molecule has 2 saturated carbocycles. The summed E-state index contributed by atoms with van der Waals surface area (Å²) >= 11 is 0. The summed E-state index contributed by atoms with van der Waals surface area (Å²) in [5, 5.41) is 2.81. The van der Waals surface area contributed by atoms with Crippen LogP contribution in [0.1, 0.15) is 84.3 Å². The summed E-state index contributed by atoms with van der Waals surface area (Å²) < 4.78 is 34.4. The molecule has 2 aromatic rings. The topological polar surface area (TPSA) is 96.0 Å². The fraction of sp³-hybridized carbons (Fsp3) is 0.611. The number of alkyl carbamates (subject to hydrolysis) is 1. The summed E-state index contributed by atoms with van der Waals surface area (Å²) in [6.45, 7) is 12.1. The number of nitrogens with one attached hydrogen (secondary N) is 1. The summed E-state index contributed by atoms with van der Waals surface area (Å²) in [7, 11) is -3.73. The number of hydrogen-bond acceptors (Lipinski definition) is 6. The number of carbonyl (C=O) groups excluding carboxylic acids is 2. The molecule has 4 atom stereocenters. The van der Waals surface area contributed by atoms with Gasteiger partial charge in [0.1, 0.15) is 5.60 Å². The van der Waals surface area contributed by atoms with E-state index in [0.717, 1.165) is 30.4 Å². The minimum atomic E-state index is -3.73. The lowest BCUT2D eigenvalue weighted by Crippen LogP contribution is -2.48. The van der Waals surface area contributed by atoms with Gasteiger partial charge in [0.2, 0.25) is 15.9 Å².